The summed E-state index contributed by atoms with van der Waals surface area (Å²) in [5.41, 5.74) is 3.42. The first-order valence-electron chi connectivity index (χ1n) is 5.24. The second-order valence-electron chi connectivity index (χ2n) is 3.51. The van der Waals surface area contributed by atoms with E-state index in [1.165, 1.54) is 0 Å². The third-order valence-corrected chi connectivity index (χ3v) is 2.63. The number of nitrogens with one attached hydrogen (secondary N) is 1. The molecule has 0 spiro atoms. The fourth-order valence-electron chi connectivity index (χ4n) is 1.55. The molecular weight excluding hydrogens is 218 g/mol. The smallest absolute Gasteiger partial charge is 0.127 e. The lowest BCUT2D eigenvalue weighted by Crippen LogP contribution is -2.24. The molecule has 0 radical (unpaired) electrons. The minimum absolute atomic E-state index is 0.665. The molecule has 82 valence electrons. The van der Waals surface area contributed by atoms with Crippen molar-refractivity contribution in [3.63, 3.8) is 0 Å². The standard InChI is InChI=1S/C12H13N3S/c1-3-13-12(16)11-8(2)14-9-6-4-5-7-10(9)15-11/h4-7H,3H2,1-2H3,(H,13,16). The molecule has 0 atom stereocenters. The van der Waals surface area contributed by atoms with Crippen molar-refractivity contribution in [3.8, 4) is 0 Å². The number of hydrogen-bond donors (Lipinski definition) is 1. The van der Waals surface area contributed by atoms with Crippen LogP contribution in [0.1, 0.15) is 18.3 Å². The van der Waals surface area contributed by atoms with Crippen LogP contribution in [0.15, 0.2) is 24.3 Å². The number of fused-ring (bicyclic) bond motifs is 1. The topological polar surface area (TPSA) is 37.8 Å². The molecule has 1 aromatic heterocycles. The van der Waals surface area contributed by atoms with Gasteiger partial charge in [-0.1, -0.05) is 24.4 Å². The number of hydrogen-bond acceptors (Lipinski definition) is 3. The molecule has 3 nitrogen and oxygen atoms in total. The second kappa shape index (κ2) is 4.53. The average molecular weight is 231 g/mol. The number of rotatable bonds is 2. The molecule has 0 amide bonds. The Labute approximate surface area is 99.9 Å². The summed E-state index contributed by atoms with van der Waals surface area (Å²) in [5, 5.41) is 3.10. The van der Waals surface area contributed by atoms with E-state index >= 15 is 0 Å². The Balaban J connectivity index is 2.54. The maximum Gasteiger partial charge on any atom is 0.127 e. The summed E-state index contributed by atoms with van der Waals surface area (Å²) in [6.45, 7) is 4.74. The minimum atomic E-state index is 0.665. The lowest BCUT2D eigenvalue weighted by atomic mass is 10.2. The van der Waals surface area contributed by atoms with E-state index in [4.69, 9.17) is 12.2 Å². The van der Waals surface area contributed by atoms with E-state index in [2.05, 4.69) is 15.3 Å². The molecule has 0 unspecified atom stereocenters. The van der Waals surface area contributed by atoms with Crippen molar-refractivity contribution < 1.29 is 0 Å². The van der Waals surface area contributed by atoms with Crippen LogP contribution in [0.2, 0.25) is 0 Å². The Morgan fingerprint density at radius 1 is 1.25 bits per heavy atom. The summed E-state index contributed by atoms with van der Waals surface area (Å²) in [6.07, 6.45) is 0. The molecule has 0 fully saturated rings. The minimum Gasteiger partial charge on any atom is -0.375 e. The van der Waals surface area contributed by atoms with Gasteiger partial charge in [0.25, 0.3) is 0 Å². The summed E-state index contributed by atoms with van der Waals surface area (Å²) in [6, 6.07) is 7.81. The number of nitrogens with zero attached hydrogens (tertiary/aromatic N) is 2. The molecule has 4 heteroatoms. The lowest BCUT2D eigenvalue weighted by molar-refractivity contribution is 0.972. The van der Waals surface area contributed by atoms with Crippen LogP contribution in [0.5, 0.6) is 0 Å². The highest BCUT2D eigenvalue weighted by atomic mass is 32.1. The second-order valence-corrected chi connectivity index (χ2v) is 3.91. The molecule has 1 N–H and O–H groups in total. The number of thiocarbonyl (C=S) groups is 1. The molecule has 1 heterocycles. The van der Waals surface area contributed by atoms with Crippen LogP contribution in [0.3, 0.4) is 0 Å². The average Bonchev–Trinajstić information content (AvgIpc) is 2.28. The Bertz CT molecular complexity index is 537. The van der Waals surface area contributed by atoms with Crippen molar-refractivity contribution >= 4 is 28.2 Å². The van der Waals surface area contributed by atoms with Gasteiger partial charge in [-0.3, -0.25) is 0 Å². The zero-order chi connectivity index (χ0) is 11.5. The summed E-state index contributed by atoms with van der Waals surface area (Å²) in [7, 11) is 0. The van der Waals surface area contributed by atoms with E-state index in [-0.39, 0.29) is 0 Å². The largest absolute Gasteiger partial charge is 0.375 e. The first-order valence-corrected chi connectivity index (χ1v) is 5.64. The van der Waals surface area contributed by atoms with Crippen LogP contribution in [-0.4, -0.2) is 21.5 Å². The van der Waals surface area contributed by atoms with Crippen molar-refractivity contribution in [2.75, 3.05) is 6.54 Å². The van der Waals surface area contributed by atoms with Gasteiger partial charge in [0.05, 0.1) is 16.7 Å². The molecule has 1 aromatic carbocycles. The molecule has 16 heavy (non-hydrogen) atoms. The SMILES string of the molecule is CCNC(=S)c1nc2ccccc2nc1C. The fraction of sp³-hybridized carbons (Fsp3) is 0.250. The Hall–Kier alpha value is -1.55. The summed E-state index contributed by atoms with van der Waals surface area (Å²) in [5.74, 6) is 0. The fourth-order valence-corrected chi connectivity index (χ4v) is 1.89. The van der Waals surface area contributed by atoms with Crippen LogP contribution in [0.25, 0.3) is 11.0 Å². The van der Waals surface area contributed by atoms with E-state index in [0.717, 1.165) is 29.0 Å². The van der Waals surface area contributed by atoms with Crippen LogP contribution < -0.4 is 5.32 Å². The predicted molar refractivity (Wildman–Crippen MR) is 69.7 cm³/mol. The van der Waals surface area contributed by atoms with E-state index < -0.39 is 0 Å². The monoisotopic (exact) mass is 231 g/mol. The van der Waals surface area contributed by atoms with Gasteiger partial charge in [-0.25, -0.2) is 9.97 Å². The molecule has 0 bridgehead atoms. The molecule has 0 saturated carbocycles. The first kappa shape index (κ1) is 11.0. The molecule has 0 saturated heterocycles. The van der Waals surface area contributed by atoms with Gasteiger partial charge in [-0.05, 0) is 26.0 Å². The van der Waals surface area contributed by atoms with Crippen molar-refractivity contribution in [1.82, 2.24) is 15.3 Å². The van der Waals surface area contributed by atoms with Crippen LogP contribution in [0.4, 0.5) is 0 Å². The van der Waals surface area contributed by atoms with Gasteiger partial charge in [0.1, 0.15) is 10.7 Å². The van der Waals surface area contributed by atoms with Crippen LogP contribution >= 0.6 is 12.2 Å². The zero-order valence-electron chi connectivity index (χ0n) is 9.32. The summed E-state index contributed by atoms with van der Waals surface area (Å²) in [4.78, 5) is 9.68. The van der Waals surface area contributed by atoms with Gasteiger partial charge in [0, 0.05) is 6.54 Å². The maximum atomic E-state index is 5.26. The van der Waals surface area contributed by atoms with Gasteiger partial charge in [0.2, 0.25) is 0 Å². The Morgan fingerprint density at radius 2 is 1.88 bits per heavy atom. The lowest BCUT2D eigenvalue weighted by Gasteiger charge is -2.08. The molecule has 0 aliphatic heterocycles. The van der Waals surface area contributed by atoms with Gasteiger partial charge in [-0.15, -0.1) is 0 Å². The molecule has 0 aliphatic rings. The maximum absolute atomic E-state index is 5.26. The van der Waals surface area contributed by atoms with E-state index in [1.54, 1.807) is 0 Å². The van der Waals surface area contributed by atoms with Crippen molar-refractivity contribution in [3.05, 3.63) is 35.7 Å². The van der Waals surface area contributed by atoms with Crippen LogP contribution in [0, 0.1) is 6.92 Å². The van der Waals surface area contributed by atoms with Crippen LogP contribution in [-0.2, 0) is 0 Å². The normalized spacial score (nSPS) is 10.4. The molecule has 2 aromatic rings. The van der Waals surface area contributed by atoms with E-state index in [9.17, 15) is 0 Å². The number of para-hydroxylation sites is 2. The molecular formula is C12H13N3S. The highest BCUT2D eigenvalue weighted by Crippen LogP contribution is 2.12. The first-order chi connectivity index (χ1) is 7.72. The summed E-state index contributed by atoms with van der Waals surface area (Å²) < 4.78 is 0. The third-order valence-electron chi connectivity index (χ3n) is 2.30. The Morgan fingerprint density at radius 3 is 2.50 bits per heavy atom. The van der Waals surface area contributed by atoms with Crippen molar-refractivity contribution in [1.29, 1.82) is 0 Å². The third kappa shape index (κ3) is 2.02. The number of benzene rings is 1. The van der Waals surface area contributed by atoms with Gasteiger partial charge >= 0.3 is 0 Å². The van der Waals surface area contributed by atoms with Crippen molar-refractivity contribution in [2.24, 2.45) is 0 Å². The summed E-state index contributed by atoms with van der Waals surface area (Å²) >= 11 is 5.26. The number of aryl methyl sites for hydroxylation is 1. The van der Waals surface area contributed by atoms with Gasteiger partial charge < -0.3 is 5.32 Å². The quantitative estimate of drug-likeness (QED) is 0.804. The van der Waals surface area contributed by atoms with Gasteiger partial charge in [-0.2, -0.15) is 0 Å². The van der Waals surface area contributed by atoms with E-state index in [1.807, 2.05) is 38.1 Å². The molecule has 2 rings (SSSR count). The van der Waals surface area contributed by atoms with Crippen molar-refractivity contribution in [2.45, 2.75) is 13.8 Å². The van der Waals surface area contributed by atoms with E-state index in [0.29, 0.717) is 4.99 Å². The highest BCUT2D eigenvalue weighted by Gasteiger charge is 2.08. The zero-order valence-corrected chi connectivity index (χ0v) is 10.1. The molecule has 0 aliphatic carbocycles. The Kier molecular flexibility index (Phi) is 3.10. The highest BCUT2D eigenvalue weighted by molar-refractivity contribution is 7.80. The van der Waals surface area contributed by atoms with Gasteiger partial charge in [0.15, 0.2) is 0 Å². The number of aromatic nitrogens is 2. The predicted octanol–water partition coefficient (Wildman–Crippen LogP) is 2.22.